The minimum absolute atomic E-state index is 0.214. The smallest absolute Gasteiger partial charge is 0.314 e. The molecule has 0 fully saturated rings. The Labute approximate surface area is 156 Å². The molecular formula is C22H42O3. The minimum Gasteiger partial charge on any atom is -0.481 e. The van der Waals surface area contributed by atoms with Gasteiger partial charge in [-0.2, -0.15) is 0 Å². The lowest BCUT2D eigenvalue weighted by Crippen LogP contribution is -2.21. The zero-order valence-electron chi connectivity index (χ0n) is 16.9. The van der Waals surface area contributed by atoms with Gasteiger partial charge in [0.25, 0.3) is 0 Å². The van der Waals surface area contributed by atoms with Crippen molar-refractivity contribution in [3.63, 3.8) is 0 Å². The maximum atomic E-state index is 11.2. The van der Waals surface area contributed by atoms with Gasteiger partial charge in [0.15, 0.2) is 0 Å². The van der Waals surface area contributed by atoms with E-state index >= 15 is 0 Å². The number of carboxylic acids is 1. The van der Waals surface area contributed by atoms with Crippen molar-refractivity contribution in [2.75, 3.05) is 0 Å². The second kappa shape index (κ2) is 17.9. The first kappa shape index (κ1) is 24.1. The van der Waals surface area contributed by atoms with E-state index in [1.165, 1.54) is 96.8 Å². The van der Waals surface area contributed by atoms with E-state index in [-0.39, 0.29) is 5.78 Å². The summed E-state index contributed by atoms with van der Waals surface area (Å²) in [7, 11) is 0. The first-order valence-electron chi connectivity index (χ1n) is 10.8. The zero-order valence-corrected chi connectivity index (χ0v) is 16.9. The Balaban J connectivity index is 3.21. The molecule has 0 aromatic heterocycles. The van der Waals surface area contributed by atoms with Crippen LogP contribution in [0.2, 0.25) is 0 Å². The molecule has 0 amide bonds. The summed E-state index contributed by atoms with van der Waals surface area (Å²) >= 11 is 0. The van der Waals surface area contributed by atoms with Gasteiger partial charge < -0.3 is 5.11 Å². The number of Topliss-reactive ketones (excluding diaryl/α,β-unsaturated/α-hetero) is 1. The molecular weight excluding hydrogens is 312 g/mol. The van der Waals surface area contributed by atoms with Crippen LogP contribution in [-0.4, -0.2) is 16.9 Å². The Bertz CT molecular complexity index is 311. The second-order valence-corrected chi connectivity index (χ2v) is 7.59. The Morgan fingerprint density at radius 3 is 1.24 bits per heavy atom. The van der Waals surface area contributed by atoms with Crippen molar-refractivity contribution < 1.29 is 14.7 Å². The van der Waals surface area contributed by atoms with Crippen LogP contribution in [0.1, 0.15) is 123 Å². The van der Waals surface area contributed by atoms with Gasteiger partial charge in [-0.25, -0.2) is 0 Å². The second-order valence-electron chi connectivity index (χ2n) is 7.59. The number of unbranched alkanes of at least 4 members (excludes halogenated alkanes) is 15. The van der Waals surface area contributed by atoms with Gasteiger partial charge in [0.2, 0.25) is 0 Å². The quantitative estimate of drug-likeness (QED) is 0.202. The van der Waals surface area contributed by atoms with E-state index in [4.69, 9.17) is 5.11 Å². The number of carboxylic acid groups (broad SMARTS) is 1. The van der Waals surface area contributed by atoms with E-state index in [0.717, 1.165) is 12.8 Å². The van der Waals surface area contributed by atoms with Gasteiger partial charge >= 0.3 is 5.97 Å². The van der Waals surface area contributed by atoms with Crippen LogP contribution < -0.4 is 0 Å². The lowest BCUT2D eigenvalue weighted by atomic mass is 9.97. The van der Waals surface area contributed by atoms with Gasteiger partial charge in [0.05, 0.1) is 0 Å². The van der Waals surface area contributed by atoms with Crippen molar-refractivity contribution in [1.82, 2.24) is 0 Å². The molecule has 0 aromatic rings. The van der Waals surface area contributed by atoms with Crippen molar-refractivity contribution in [2.24, 2.45) is 5.92 Å². The van der Waals surface area contributed by atoms with Crippen molar-refractivity contribution in [3.8, 4) is 0 Å². The van der Waals surface area contributed by atoms with Gasteiger partial charge in [-0.15, -0.1) is 0 Å². The molecule has 0 aliphatic heterocycles. The molecule has 0 heterocycles. The molecule has 0 spiro atoms. The fourth-order valence-corrected chi connectivity index (χ4v) is 3.40. The lowest BCUT2D eigenvalue weighted by molar-refractivity contribution is -0.146. The first-order chi connectivity index (χ1) is 12.1. The van der Waals surface area contributed by atoms with E-state index in [1.807, 2.05) is 0 Å². The van der Waals surface area contributed by atoms with Crippen molar-refractivity contribution >= 4 is 11.8 Å². The molecule has 1 unspecified atom stereocenters. The lowest BCUT2D eigenvalue weighted by Gasteiger charge is -2.08. The van der Waals surface area contributed by atoms with E-state index in [1.54, 1.807) is 0 Å². The van der Waals surface area contributed by atoms with Gasteiger partial charge in [0.1, 0.15) is 11.7 Å². The van der Waals surface area contributed by atoms with Crippen LogP contribution in [-0.2, 0) is 9.59 Å². The highest BCUT2D eigenvalue weighted by Crippen LogP contribution is 2.16. The molecule has 0 radical (unpaired) electrons. The third-order valence-electron chi connectivity index (χ3n) is 5.14. The van der Waals surface area contributed by atoms with E-state index in [2.05, 4.69) is 6.92 Å². The standard InChI is InChI=1S/C22H42O3/c1-3-4-5-6-7-8-9-10-11-12-13-14-15-16-17-18-19-21(20(2)23)22(24)25/h21H,3-19H2,1-2H3,(H,24,25). The fraction of sp³-hybridized carbons (Fsp3) is 0.909. The largest absolute Gasteiger partial charge is 0.481 e. The van der Waals surface area contributed by atoms with E-state index in [9.17, 15) is 9.59 Å². The monoisotopic (exact) mass is 354 g/mol. The number of ketones is 1. The predicted octanol–water partition coefficient (Wildman–Crippen LogP) is 6.93. The summed E-state index contributed by atoms with van der Waals surface area (Å²) in [6.07, 6.45) is 21.4. The van der Waals surface area contributed by atoms with Crippen LogP contribution in [0.25, 0.3) is 0 Å². The summed E-state index contributed by atoms with van der Waals surface area (Å²) in [6.45, 7) is 3.65. The average molecular weight is 355 g/mol. The molecule has 0 aromatic carbocycles. The Kier molecular flexibility index (Phi) is 17.3. The number of rotatable bonds is 19. The molecule has 0 aliphatic rings. The number of carbonyl (C=O) groups excluding carboxylic acids is 1. The van der Waals surface area contributed by atoms with Gasteiger partial charge in [-0.05, 0) is 13.3 Å². The number of carbonyl (C=O) groups is 2. The number of aliphatic carboxylic acids is 1. The van der Waals surface area contributed by atoms with E-state index < -0.39 is 11.9 Å². The molecule has 0 saturated carbocycles. The zero-order chi connectivity index (χ0) is 18.8. The summed E-state index contributed by atoms with van der Waals surface area (Å²) in [6, 6.07) is 0. The summed E-state index contributed by atoms with van der Waals surface area (Å²) in [5.74, 6) is -1.96. The first-order valence-corrected chi connectivity index (χ1v) is 10.8. The summed E-state index contributed by atoms with van der Waals surface area (Å²) in [4.78, 5) is 22.1. The number of hydrogen-bond donors (Lipinski definition) is 1. The highest BCUT2D eigenvalue weighted by Gasteiger charge is 2.21. The molecule has 0 aliphatic carbocycles. The molecule has 148 valence electrons. The van der Waals surface area contributed by atoms with Crippen molar-refractivity contribution in [2.45, 2.75) is 123 Å². The van der Waals surface area contributed by atoms with Crippen LogP contribution >= 0.6 is 0 Å². The minimum atomic E-state index is -0.964. The van der Waals surface area contributed by atoms with Crippen LogP contribution in [0.3, 0.4) is 0 Å². The van der Waals surface area contributed by atoms with Crippen molar-refractivity contribution in [1.29, 1.82) is 0 Å². The van der Waals surface area contributed by atoms with Gasteiger partial charge in [-0.1, -0.05) is 110 Å². The van der Waals surface area contributed by atoms with Gasteiger partial charge in [-0.3, -0.25) is 9.59 Å². The molecule has 1 N–H and O–H groups in total. The molecule has 0 saturated heterocycles. The normalized spacial score (nSPS) is 12.2. The highest BCUT2D eigenvalue weighted by molar-refractivity contribution is 5.96. The molecule has 3 heteroatoms. The van der Waals surface area contributed by atoms with Crippen LogP contribution in [0.5, 0.6) is 0 Å². The molecule has 0 rings (SSSR count). The maximum absolute atomic E-state index is 11.2. The molecule has 25 heavy (non-hydrogen) atoms. The van der Waals surface area contributed by atoms with Gasteiger partial charge in [0, 0.05) is 0 Å². The maximum Gasteiger partial charge on any atom is 0.314 e. The molecule has 1 atom stereocenters. The summed E-state index contributed by atoms with van der Waals surface area (Å²) < 4.78 is 0. The number of hydrogen-bond acceptors (Lipinski definition) is 2. The van der Waals surface area contributed by atoms with Crippen LogP contribution in [0.4, 0.5) is 0 Å². The highest BCUT2D eigenvalue weighted by atomic mass is 16.4. The van der Waals surface area contributed by atoms with Crippen LogP contribution in [0, 0.1) is 5.92 Å². The topological polar surface area (TPSA) is 54.4 Å². The fourth-order valence-electron chi connectivity index (χ4n) is 3.40. The average Bonchev–Trinajstić information content (AvgIpc) is 2.57. The van der Waals surface area contributed by atoms with Crippen LogP contribution in [0.15, 0.2) is 0 Å². The SMILES string of the molecule is CCCCCCCCCCCCCCCCCCC(C(C)=O)C(=O)O. The predicted molar refractivity (Wildman–Crippen MR) is 106 cm³/mol. The van der Waals surface area contributed by atoms with E-state index in [0.29, 0.717) is 6.42 Å². The molecule has 3 nitrogen and oxygen atoms in total. The summed E-state index contributed by atoms with van der Waals surface area (Å²) in [5, 5.41) is 8.95. The van der Waals surface area contributed by atoms with Crippen molar-refractivity contribution in [3.05, 3.63) is 0 Å². The Morgan fingerprint density at radius 1 is 0.640 bits per heavy atom. The third-order valence-corrected chi connectivity index (χ3v) is 5.14. The Hall–Kier alpha value is -0.860. The molecule has 0 bridgehead atoms. The Morgan fingerprint density at radius 2 is 0.960 bits per heavy atom. The third kappa shape index (κ3) is 16.4. The summed E-state index contributed by atoms with van der Waals surface area (Å²) in [5.41, 5.74) is 0.